The summed E-state index contributed by atoms with van der Waals surface area (Å²) in [6, 6.07) is 0. The number of hydrogen-bond acceptors (Lipinski definition) is 4. The molecule has 1 amide bonds. The van der Waals surface area contributed by atoms with E-state index >= 15 is 0 Å². The van der Waals surface area contributed by atoms with Crippen molar-refractivity contribution in [1.82, 2.24) is 4.98 Å². The van der Waals surface area contributed by atoms with Crippen molar-refractivity contribution in [2.45, 2.75) is 64.4 Å². The average molecular weight is 282 g/mol. The number of nitrogens with zero attached hydrogens (tertiary/aromatic N) is 1. The van der Waals surface area contributed by atoms with Crippen LogP contribution in [-0.2, 0) is 4.74 Å². The SMILES string of the molecule is CC(C)(C)OC(=O)Nc1cnc(C2CCCCC2)s1. The topological polar surface area (TPSA) is 51.2 Å². The first-order chi connectivity index (χ1) is 8.94. The summed E-state index contributed by atoms with van der Waals surface area (Å²) in [5.41, 5.74) is -0.471. The molecule has 0 spiro atoms. The van der Waals surface area contributed by atoms with Crippen LogP contribution in [0, 0.1) is 0 Å². The molecule has 1 saturated carbocycles. The number of aromatic nitrogens is 1. The Morgan fingerprint density at radius 3 is 2.68 bits per heavy atom. The largest absolute Gasteiger partial charge is 0.444 e. The second kappa shape index (κ2) is 5.90. The van der Waals surface area contributed by atoms with Gasteiger partial charge in [0.2, 0.25) is 0 Å². The van der Waals surface area contributed by atoms with Crippen LogP contribution in [0.5, 0.6) is 0 Å². The first kappa shape index (κ1) is 14.3. The molecule has 0 atom stereocenters. The third-order valence-electron chi connectivity index (χ3n) is 3.10. The highest BCUT2D eigenvalue weighted by molar-refractivity contribution is 7.15. The zero-order valence-corrected chi connectivity index (χ0v) is 12.7. The molecule has 19 heavy (non-hydrogen) atoms. The van der Waals surface area contributed by atoms with Crippen LogP contribution in [0.1, 0.15) is 63.8 Å². The monoisotopic (exact) mass is 282 g/mol. The summed E-state index contributed by atoms with van der Waals surface area (Å²) in [4.78, 5) is 16.1. The van der Waals surface area contributed by atoms with Crippen molar-refractivity contribution in [3.8, 4) is 0 Å². The van der Waals surface area contributed by atoms with E-state index in [1.165, 1.54) is 32.1 Å². The Balaban J connectivity index is 1.91. The number of thiazole rings is 1. The van der Waals surface area contributed by atoms with Crippen LogP contribution >= 0.6 is 11.3 Å². The minimum absolute atomic E-state index is 0.411. The predicted molar refractivity (Wildman–Crippen MR) is 77.8 cm³/mol. The van der Waals surface area contributed by atoms with E-state index in [1.54, 1.807) is 17.5 Å². The molecule has 0 radical (unpaired) electrons. The lowest BCUT2D eigenvalue weighted by Gasteiger charge is -2.19. The Bertz CT molecular complexity index is 431. The van der Waals surface area contributed by atoms with E-state index in [1.807, 2.05) is 20.8 Å². The molecule has 1 heterocycles. The molecule has 0 bridgehead atoms. The van der Waals surface area contributed by atoms with Crippen LogP contribution in [0.3, 0.4) is 0 Å². The van der Waals surface area contributed by atoms with E-state index in [-0.39, 0.29) is 0 Å². The molecule has 5 heteroatoms. The summed E-state index contributed by atoms with van der Waals surface area (Å²) in [6.07, 6.45) is 7.69. The first-order valence-electron chi connectivity index (χ1n) is 6.90. The van der Waals surface area contributed by atoms with Gasteiger partial charge in [-0.3, -0.25) is 5.32 Å². The standard InChI is InChI=1S/C14H22N2O2S/c1-14(2,3)18-13(17)16-11-9-15-12(19-11)10-7-5-4-6-8-10/h9-10H,4-8H2,1-3H3,(H,16,17). The summed E-state index contributed by atoms with van der Waals surface area (Å²) < 4.78 is 5.23. The van der Waals surface area contributed by atoms with Gasteiger partial charge in [0.1, 0.15) is 10.6 Å². The summed E-state index contributed by atoms with van der Waals surface area (Å²) in [5.74, 6) is 0.577. The summed E-state index contributed by atoms with van der Waals surface area (Å²) in [6.45, 7) is 5.56. The molecule has 0 aliphatic heterocycles. The van der Waals surface area contributed by atoms with E-state index in [4.69, 9.17) is 4.74 Å². The average Bonchev–Trinajstić information content (AvgIpc) is 2.76. The zero-order valence-electron chi connectivity index (χ0n) is 11.9. The van der Waals surface area contributed by atoms with Crippen LogP contribution in [0.25, 0.3) is 0 Å². The van der Waals surface area contributed by atoms with Gasteiger partial charge >= 0.3 is 6.09 Å². The van der Waals surface area contributed by atoms with Crippen molar-refractivity contribution in [3.05, 3.63) is 11.2 Å². The van der Waals surface area contributed by atoms with Crippen LogP contribution < -0.4 is 5.32 Å². The smallest absolute Gasteiger partial charge is 0.412 e. The predicted octanol–water partition coefficient (Wildman–Crippen LogP) is 4.54. The van der Waals surface area contributed by atoms with Crippen molar-refractivity contribution in [2.75, 3.05) is 5.32 Å². The molecule has 1 fully saturated rings. The molecule has 1 aromatic rings. The van der Waals surface area contributed by atoms with E-state index in [9.17, 15) is 4.79 Å². The molecule has 1 aliphatic carbocycles. The third-order valence-corrected chi connectivity index (χ3v) is 4.18. The maximum atomic E-state index is 11.7. The minimum atomic E-state index is -0.471. The third kappa shape index (κ3) is 4.49. The molecular formula is C14H22N2O2S. The Kier molecular flexibility index (Phi) is 4.45. The van der Waals surface area contributed by atoms with Crippen LogP contribution in [0.4, 0.5) is 9.80 Å². The number of hydrogen-bond donors (Lipinski definition) is 1. The van der Waals surface area contributed by atoms with Crippen molar-refractivity contribution in [2.24, 2.45) is 0 Å². The number of nitrogens with one attached hydrogen (secondary N) is 1. The number of carbonyl (C=O) groups is 1. The minimum Gasteiger partial charge on any atom is -0.444 e. The Morgan fingerprint density at radius 2 is 2.05 bits per heavy atom. The van der Waals surface area contributed by atoms with Crippen molar-refractivity contribution in [1.29, 1.82) is 0 Å². The van der Waals surface area contributed by atoms with Gasteiger partial charge in [0, 0.05) is 5.92 Å². The molecule has 2 rings (SSSR count). The van der Waals surface area contributed by atoms with Crippen LogP contribution in [0.15, 0.2) is 6.20 Å². The Hall–Kier alpha value is -1.10. The van der Waals surface area contributed by atoms with Gasteiger partial charge in [-0.15, -0.1) is 11.3 Å². The fraction of sp³-hybridized carbons (Fsp3) is 0.714. The number of ether oxygens (including phenoxy) is 1. The quantitative estimate of drug-likeness (QED) is 0.866. The van der Waals surface area contributed by atoms with Gasteiger partial charge in [0.25, 0.3) is 0 Å². The van der Waals surface area contributed by atoms with E-state index < -0.39 is 11.7 Å². The normalized spacial score (nSPS) is 17.2. The highest BCUT2D eigenvalue weighted by Crippen LogP contribution is 2.36. The lowest BCUT2D eigenvalue weighted by molar-refractivity contribution is 0.0636. The van der Waals surface area contributed by atoms with E-state index in [0.717, 1.165) is 10.0 Å². The van der Waals surface area contributed by atoms with Gasteiger partial charge in [-0.05, 0) is 33.6 Å². The van der Waals surface area contributed by atoms with E-state index in [0.29, 0.717) is 5.92 Å². The maximum Gasteiger partial charge on any atom is 0.412 e. The Labute approximate surface area is 118 Å². The van der Waals surface area contributed by atoms with Gasteiger partial charge in [-0.1, -0.05) is 19.3 Å². The second-order valence-electron chi connectivity index (χ2n) is 6.02. The summed E-state index contributed by atoms with van der Waals surface area (Å²) in [7, 11) is 0. The highest BCUT2D eigenvalue weighted by atomic mass is 32.1. The Morgan fingerprint density at radius 1 is 1.37 bits per heavy atom. The molecule has 106 valence electrons. The van der Waals surface area contributed by atoms with Gasteiger partial charge < -0.3 is 4.74 Å². The fourth-order valence-corrected chi connectivity index (χ4v) is 3.26. The maximum absolute atomic E-state index is 11.7. The second-order valence-corrected chi connectivity index (χ2v) is 7.09. The lowest BCUT2D eigenvalue weighted by atomic mass is 9.90. The molecule has 0 aromatic carbocycles. The number of anilines is 1. The number of amides is 1. The zero-order chi connectivity index (χ0) is 13.9. The van der Waals surface area contributed by atoms with Gasteiger partial charge in [-0.2, -0.15) is 0 Å². The summed E-state index contributed by atoms with van der Waals surface area (Å²) in [5, 5.41) is 4.67. The molecule has 1 aromatic heterocycles. The fourth-order valence-electron chi connectivity index (χ4n) is 2.29. The molecule has 0 saturated heterocycles. The number of carbonyl (C=O) groups excluding carboxylic acids is 1. The molecular weight excluding hydrogens is 260 g/mol. The lowest BCUT2D eigenvalue weighted by Crippen LogP contribution is -2.26. The van der Waals surface area contributed by atoms with Crippen molar-refractivity contribution < 1.29 is 9.53 Å². The highest BCUT2D eigenvalue weighted by Gasteiger charge is 2.20. The molecule has 1 N–H and O–H groups in total. The van der Waals surface area contributed by atoms with Gasteiger partial charge in [0.15, 0.2) is 0 Å². The van der Waals surface area contributed by atoms with Crippen LogP contribution in [0.2, 0.25) is 0 Å². The first-order valence-corrected chi connectivity index (χ1v) is 7.71. The molecule has 0 unspecified atom stereocenters. The van der Waals surface area contributed by atoms with Crippen molar-refractivity contribution in [3.63, 3.8) is 0 Å². The number of rotatable bonds is 2. The van der Waals surface area contributed by atoms with Gasteiger partial charge in [0.05, 0.1) is 11.2 Å². The molecule has 1 aliphatic rings. The van der Waals surface area contributed by atoms with Gasteiger partial charge in [-0.25, -0.2) is 9.78 Å². The van der Waals surface area contributed by atoms with E-state index in [2.05, 4.69) is 10.3 Å². The molecule has 4 nitrogen and oxygen atoms in total. The summed E-state index contributed by atoms with van der Waals surface area (Å²) >= 11 is 1.57. The van der Waals surface area contributed by atoms with Crippen molar-refractivity contribution >= 4 is 22.4 Å². The van der Waals surface area contributed by atoms with Crippen LogP contribution in [-0.4, -0.2) is 16.7 Å².